The minimum Gasteiger partial charge on any atom is -0.481 e. The predicted molar refractivity (Wildman–Crippen MR) is 81.7 cm³/mol. The highest BCUT2D eigenvalue weighted by molar-refractivity contribution is 7.13. The molecule has 0 saturated carbocycles. The molecule has 0 aromatic carbocycles. The summed E-state index contributed by atoms with van der Waals surface area (Å²) in [6, 6.07) is -0.277. The first kappa shape index (κ1) is 15.8. The van der Waals surface area contributed by atoms with E-state index in [-0.39, 0.29) is 23.9 Å². The van der Waals surface area contributed by atoms with E-state index in [1.165, 1.54) is 11.3 Å². The van der Waals surface area contributed by atoms with Crippen LogP contribution in [0, 0.1) is 11.8 Å². The molecule has 1 fully saturated rings. The number of carbonyl (C=O) groups is 2. The molecule has 7 heteroatoms. The fourth-order valence-electron chi connectivity index (χ4n) is 2.30. The minimum absolute atomic E-state index is 0.0327. The lowest BCUT2D eigenvalue weighted by molar-refractivity contribution is -0.142. The van der Waals surface area contributed by atoms with Crippen molar-refractivity contribution in [3.8, 4) is 0 Å². The molecule has 0 aliphatic carbocycles. The molecule has 116 valence electrons. The Kier molecular flexibility index (Phi) is 4.22. The van der Waals surface area contributed by atoms with E-state index < -0.39 is 11.9 Å². The number of urea groups is 1. The molecule has 0 unspecified atom stereocenters. The van der Waals surface area contributed by atoms with Crippen molar-refractivity contribution >= 4 is 28.5 Å². The van der Waals surface area contributed by atoms with Crippen LogP contribution in [0.1, 0.15) is 33.4 Å². The van der Waals surface area contributed by atoms with Crippen LogP contribution in [0.4, 0.5) is 9.93 Å². The van der Waals surface area contributed by atoms with E-state index >= 15 is 0 Å². The van der Waals surface area contributed by atoms with Gasteiger partial charge in [0.1, 0.15) is 0 Å². The summed E-state index contributed by atoms with van der Waals surface area (Å²) >= 11 is 1.39. The van der Waals surface area contributed by atoms with Crippen LogP contribution in [0.5, 0.6) is 0 Å². The Balaban J connectivity index is 1.99. The summed E-state index contributed by atoms with van der Waals surface area (Å²) in [5, 5.41) is 14.3. The zero-order chi connectivity index (χ0) is 15.8. The van der Waals surface area contributed by atoms with Crippen LogP contribution < -0.4 is 5.32 Å². The molecule has 2 atom stereocenters. The largest absolute Gasteiger partial charge is 0.481 e. The van der Waals surface area contributed by atoms with E-state index in [9.17, 15) is 9.59 Å². The number of hydrogen-bond donors (Lipinski definition) is 2. The first-order valence-corrected chi connectivity index (χ1v) is 7.81. The third kappa shape index (κ3) is 3.53. The first-order valence-electron chi connectivity index (χ1n) is 6.93. The van der Waals surface area contributed by atoms with Crippen molar-refractivity contribution in [2.75, 3.05) is 18.4 Å². The van der Waals surface area contributed by atoms with Crippen molar-refractivity contribution in [1.82, 2.24) is 9.88 Å². The molecule has 2 heterocycles. The highest BCUT2D eigenvalue weighted by Gasteiger charge is 2.37. The van der Waals surface area contributed by atoms with E-state index in [1.54, 1.807) is 4.90 Å². The molecule has 0 bridgehead atoms. The van der Waals surface area contributed by atoms with Gasteiger partial charge in [0.05, 0.1) is 11.6 Å². The highest BCUT2D eigenvalue weighted by atomic mass is 32.1. The van der Waals surface area contributed by atoms with Crippen LogP contribution in [-0.2, 0) is 10.2 Å². The molecule has 0 radical (unpaired) electrons. The molecule has 1 aliphatic rings. The quantitative estimate of drug-likeness (QED) is 0.879. The zero-order valence-electron chi connectivity index (χ0n) is 12.7. The fourth-order valence-corrected chi connectivity index (χ4v) is 3.23. The van der Waals surface area contributed by atoms with Crippen molar-refractivity contribution in [1.29, 1.82) is 0 Å². The monoisotopic (exact) mass is 311 g/mol. The number of nitrogens with zero attached hydrogens (tertiary/aromatic N) is 2. The molecule has 2 rings (SSSR count). The molecular weight excluding hydrogens is 290 g/mol. The third-order valence-electron chi connectivity index (χ3n) is 3.70. The molecule has 2 N–H and O–H groups in total. The summed E-state index contributed by atoms with van der Waals surface area (Å²) in [5.41, 5.74) is 0.872. The molecule has 1 aromatic heterocycles. The van der Waals surface area contributed by atoms with Gasteiger partial charge in [-0.2, -0.15) is 0 Å². The number of anilines is 1. The zero-order valence-corrected chi connectivity index (χ0v) is 13.5. The van der Waals surface area contributed by atoms with Crippen LogP contribution in [-0.4, -0.2) is 40.1 Å². The van der Waals surface area contributed by atoms with E-state index in [4.69, 9.17) is 5.11 Å². The van der Waals surface area contributed by atoms with Gasteiger partial charge in [-0.1, -0.05) is 27.7 Å². The molecule has 1 aliphatic heterocycles. The average molecular weight is 311 g/mol. The summed E-state index contributed by atoms with van der Waals surface area (Å²) < 4.78 is 0. The lowest BCUT2D eigenvalue weighted by atomic mass is 9.93. The number of hydrogen-bond acceptors (Lipinski definition) is 4. The summed E-state index contributed by atoms with van der Waals surface area (Å²) in [6.07, 6.45) is 0. The van der Waals surface area contributed by atoms with Crippen molar-refractivity contribution in [3.63, 3.8) is 0 Å². The average Bonchev–Trinajstić information content (AvgIpc) is 2.94. The number of rotatable bonds is 2. The van der Waals surface area contributed by atoms with Gasteiger partial charge in [-0.25, -0.2) is 9.78 Å². The summed E-state index contributed by atoms with van der Waals surface area (Å²) in [5.74, 6) is -1.37. The number of amides is 2. The van der Waals surface area contributed by atoms with E-state index in [0.29, 0.717) is 11.7 Å². The van der Waals surface area contributed by atoms with Crippen LogP contribution >= 0.6 is 11.3 Å². The Morgan fingerprint density at radius 3 is 2.57 bits per heavy atom. The number of carbonyl (C=O) groups excluding carboxylic acids is 1. The van der Waals surface area contributed by atoms with E-state index in [2.05, 4.69) is 31.1 Å². The SMILES string of the molecule is C[C@@H]1CN(C(=O)Nc2nc(C(C)(C)C)cs2)C[C@H]1C(=O)O. The molecule has 0 spiro atoms. The molecule has 21 heavy (non-hydrogen) atoms. The normalized spacial score (nSPS) is 22.4. The molecule has 6 nitrogen and oxygen atoms in total. The summed E-state index contributed by atoms with van der Waals surface area (Å²) in [7, 11) is 0. The maximum atomic E-state index is 12.2. The number of carboxylic acids is 1. The van der Waals surface area contributed by atoms with Crippen LogP contribution in [0.15, 0.2) is 5.38 Å². The Morgan fingerprint density at radius 2 is 2.10 bits per heavy atom. The van der Waals surface area contributed by atoms with Gasteiger partial charge in [0.2, 0.25) is 0 Å². The third-order valence-corrected chi connectivity index (χ3v) is 4.46. The Morgan fingerprint density at radius 1 is 1.43 bits per heavy atom. The van der Waals surface area contributed by atoms with Gasteiger partial charge in [-0.05, 0) is 5.92 Å². The van der Waals surface area contributed by atoms with Gasteiger partial charge >= 0.3 is 12.0 Å². The lowest BCUT2D eigenvalue weighted by Gasteiger charge is -2.16. The number of likely N-dealkylation sites (tertiary alicyclic amines) is 1. The molecular formula is C14H21N3O3S. The van der Waals surface area contributed by atoms with Gasteiger partial charge in [0.25, 0.3) is 0 Å². The smallest absolute Gasteiger partial charge is 0.323 e. The first-order chi connectivity index (χ1) is 9.68. The number of aliphatic carboxylic acids is 1. The van der Waals surface area contributed by atoms with E-state index in [0.717, 1.165) is 5.69 Å². The number of carboxylic acid groups (broad SMARTS) is 1. The molecule has 2 amide bonds. The van der Waals surface area contributed by atoms with Gasteiger partial charge < -0.3 is 10.0 Å². The van der Waals surface area contributed by atoms with Crippen LogP contribution in [0.3, 0.4) is 0 Å². The van der Waals surface area contributed by atoms with Crippen molar-refractivity contribution in [2.45, 2.75) is 33.1 Å². The Labute approximate surface area is 128 Å². The second-order valence-electron chi connectivity index (χ2n) is 6.55. The van der Waals surface area contributed by atoms with E-state index in [1.807, 2.05) is 12.3 Å². The number of thiazole rings is 1. The predicted octanol–water partition coefficient (Wildman–Crippen LogP) is 2.62. The summed E-state index contributed by atoms with van der Waals surface area (Å²) in [6.45, 7) is 8.75. The van der Waals surface area contributed by atoms with Crippen molar-refractivity contribution in [3.05, 3.63) is 11.1 Å². The topological polar surface area (TPSA) is 82.5 Å². The van der Waals surface area contributed by atoms with Gasteiger partial charge in [-0.3, -0.25) is 10.1 Å². The maximum absolute atomic E-state index is 12.2. The van der Waals surface area contributed by atoms with Gasteiger partial charge in [0.15, 0.2) is 5.13 Å². The van der Waals surface area contributed by atoms with Crippen LogP contribution in [0.25, 0.3) is 0 Å². The highest BCUT2D eigenvalue weighted by Crippen LogP contribution is 2.28. The Hall–Kier alpha value is -1.63. The second-order valence-corrected chi connectivity index (χ2v) is 7.40. The maximum Gasteiger partial charge on any atom is 0.323 e. The number of aromatic nitrogens is 1. The fraction of sp³-hybridized carbons (Fsp3) is 0.643. The van der Waals surface area contributed by atoms with Crippen LogP contribution in [0.2, 0.25) is 0 Å². The summed E-state index contributed by atoms with van der Waals surface area (Å²) in [4.78, 5) is 29.2. The van der Waals surface area contributed by atoms with Gasteiger partial charge in [-0.15, -0.1) is 11.3 Å². The Bertz CT molecular complexity index is 550. The van der Waals surface area contributed by atoms with Gasteiger partial charge in [0, 0.05) is 23.9 Å². The van der Waals surface area contributed by atoms with Crippen molar-refractivity contribution in [2.24, 2.45) is 11.8 Å². The standard InChI is InChI=1S/C14H21N3O3S/c1-8-5-17(6-9(8)11(18)19)13(20)16-12-15-10(7-21-12)14(2,3)4/h7-9H,5-6H2,1-4H3,(H,18,19)(H,15,16,20)/t8-,9-/m1/s1. The number of nitrogens with one attached hydrogen (secondary N) is 1. The molecule has 1 saturated heterocycles. The lowest BCUT2D eigenvalue weighted by Crippen LogP contribution is -2.33. The second kappa shape index (κ2) is 5.63. The van der Waals surface area contributed by atoms with Crippen molar-refractivity contribution < 1.29 is 14.7 Å². The minimum atomic E-state index is -0.845. The molecule has 1 aromatic rings.